The van der Waals surface area contributed by atoms with Gasteiger partial charge in [-0.05, 0) is 44.3 Å². The summed E-state index contributed by atoms with van der Waals surface area (Å²) < 4.78 is 5.39. The number of carbonyl (C=O) groups is 1. The summed E-state index contributed by atoms with van der Waals surface area (Å²) in [5, 5.41) is 3.42. The molecule has 1 aromatic heterocycles. The molecule has 0 aromatic carbocycles. The van der Waals surface area contributed by atoms with Gasteiger partial charge in [0.15, 0.2) is 0 Å². The first-order valence-electron chi connectivity index (χ1n) is 7.82. The topological polar surface area (TPSA) is 45.5 Å². The lowest BCUT2D eigenvalue weighted by Crippen LogP contribution is -2.41. The van der Waals surface area contributed by atoms with Crippen LogP contribution in [0.5, 0.6) is 0 Å². The van der Waals surface area contributed by atoms with Crippen LogP contribution in [0.3, 0.4) is 0 Å². The zero-order chi connectivity index (χ0) is 14.4. The lowest BCUT2D eigenvalue weighted by Gasteiger charge is -2.30. The standard InChI is InChI=1S/C16H26N2O2/c1-3-9-18(12-13-6-5-8-17-11-13)16(19)14-7-10-20-15(14)4-2/h7,10,13,17H,3-6,8-9,11-12H2,1-2H3. The largest absolute Gasteiger partial charge is 0.469 e. The van der Waals surface area contributed by atoms with Crippen molar-refractivity contribution in [3.05, 3.63) is 23.7 Å². The number of hydrogen-bond acceptors (Lipinski definition) is 3. The highest BCUT2D eigenvalue weighted by Gasteiger charge is 2.23. The van der Waals surface area contributed by atoms with Crippen LogP contribution < -0.4 is 5.32 Å². The number of furan rings is 1. The fourth-order valence-corrected chi connectivity index (χ4v) is 2.91. The van der Waals surface area contributed by atoms with E-state index in [1.807, 2.05) is 17.9 Å². The fourth-order valence-electron chi connectivity index (χ4n) is 2.91. The molecule has 1 unspecified atom stereocenters. The molecule has 1 atom stereocenters. The zero-order valence-corrected chi connectivity index (χ0v) is 12.7. The van der Waals surface area contributed by atoms with Gasteiger partial charge in [0, 0.05) is 19.5 Å². The molecule has 0 spiro atoms. The molecule has 1 aliphatic heterocycles. The molecule has 20 heavy (non-hydrogen) atoms. The lowest BCUT2D eigenvalue weighted by atomic mass is 9.98. The molecule has 112 valence electrons. The Bertz CT molecular complexity index is 422. The predicted octanol–water partition coefficient (Wildman–Crippen LogP) is 2.69. The summed E-state index contributed by atoms with van der Waals surface area (Å²) in [4.78, 5) is 14.7. The predicted molar refractivity (Wildman–Crippen MR) is 79.9 cm³/mol. The number of rotatable bonds is 6. The average molecular weight is 278 g/mol. The number of hydrogen-bond donors (Lipinski definition) is 1. The summed E-state index contributed by atoms with van der Waals surface area (Å²) >= 11 is 0. The highest BCUT2D eigenvalue weighted by molar-refractivity contribution is 5.95. The molecular weight excluding hydrogens is 252 g/mol. The third-order valence-electron chi connectivity index (χ3n) is 3.96. The van der Waals surface area contributed by atoms with Gasteiger partial charge in [-0.1, -0.05) is 13.8 Å². The Balaban J connectivity index is 2.04. The molecule has 2 heterocycles. The van der Waals surface area contributed by atoms with Gasteiger partial charge in [0.25, 0.3) is 5.91 Å². The van der Waals surface area contributed by atoms with Gasteiger partial charge in [-0.2, -0.15) is 0 Å². The van der Waals surface area contributed by atoms with Crippen LogP contribution >= 0.6 is 0 Å². The van der Waals surface area contributed by atoms with Gasteiger partial charge in [0.1, 0.15) is 5.76 Å². The van der Waals surface area contributed by atoms with Crippen molar-refractivity contribution in [2.45, 2.75) is 39.5 Å². The molecule has 1 aromatic rings. The molecule has 0 radical (unpaired) electrons. The first-order chi connectivity index (χ1) is 9.76. The zero-order valence-electron chi connectivity index (χ0n) is 12.7. The van der Waals surface area contributed by atoms with Crippen molar-refractivity contribution >= 4 is 5.91 Å². The van der Waals surface area contributed by atoms with Crippen LogP contribution in [0.2, 0.25) is 0 Å². The van der Waals surface area contributed by atoms with Gasteiger partial charge in [-0.15, -0.1) is 0 Å². The summed E-state index contributed by atoms with van der Waals surface area (Å²) in [6, 6.07) is 1.81. The van der Waals surface area contributed by atoms with E-state index in [9.17, 15) is 4.79 Å². The molecule has 0 bridgehead atoms. The second-order valence-corrected chi connectivity index (χ2v) is 5.57. The van der Waals surface area contributed by atoms with E-state index in [4.69, 9.17) is 4.42 Å². The van der Waals surface area contributed by atoms with Crippen LogP contribution in [0.4, 0.5) is 0 Å². The van der Waals surface area contributed by atoms with E-state index < -0.39 is 0 Å². The maximum Gasteiger partial charge on any atom is 0.257 e. The van der Waals surface area contributed by atoms with E-state index in [0.717, 1.165) is 50.3 Å². The maximum absolute atomic E-state index is 12.7. The minimum atomic E-state index is 0.128. The van der Waals surface area contributed by atoms with E-state index in [-0.39, 0.29) is 5.91 Å². The second kappa shape index (κ2) is 7.48. The van der Waals surface area contributed by atoms with Gasteiger partial charge in [-0.25, -0.2) is 0 Å². The normalized spacial score (nSPS) is 19.0. The first kappa shape index (κ1) is 15.1. The third-order valence-corrected chi connectivity index (χ3v) is 3.96. The summed E-state index contributed by atoms with van der Waals surface area (Å²) in [6.07, 6.45) is 5.81. The SMILES string of the molecule is CCCN(CC1CCCNC1)C(=O)c1ccoc1CC. The van der Waals surface area contributed by atoms with Crippen molar-refractivity contribution < 1.29 is 9.21 Å². The first-order valence-corrected chi connectivity index (χ1v) is 7.82. The molecule has 0 aliphatic carbocycles. The van der Waals surface area contributed by atoms with Gasteiger partial charge in [0.2, 0.25) is 0 Å². The lowest BCUT2D eigenvalue weighted by molar-refractivity contribution is 0.0716. The third kappa shape index (κ3) is 3.63. The summed E-state index contributed by atoms with van der Waals surface area (Å²) in [6.45, 7) is 7.96. The van der Waals surface area contributed by atoms with E-state index in [1.165, 1.54) is 12.8 Å². The van der Waals surface area contributed by atoms with Gasteiger partial charge >= 0.3 is 0 Å². The van der Waals surface area contributed by atoms with Crippen LogP contribution in [-0.4, -0.2) is 37.0 Å². The van der Waals surface area contributed by atoms with Gasteiger partial charge in [0.05, 0.1) is 11.8 Å². The van der Waals surface area contributed by atoms with E-state index in [0.29, 0.717) is 5.92 Å². The minimum absolute atomic E-state index is 0.128. The monoisotopic (exact) mass is 278 g/mol. The minimum Gasteiger partial charge on any atom is -0.469 e. The number of amides is 1. The summed E-state index contributed by atoms with van der Waals surface area (Å²) in [5.41, 5.74) is 0.740. The number of aryl methyl sites for hydroxylation is 1. The Kier molecular flexibility index (Phi) is 5.65. The van der Waals surface area contributed by atoms with Crippen LogP contribution in [0.1, 0.15) is 49.2 Å². The molecule has 0 saturated carbocycles. The molecular formula is C16H26N2O2. The van der Waals surface area contributed by atoms with Crippen LogP contribution in [0.25, 0.3) is 0 Å². The quantitative estimate of drug-likeness (QED) is 0.870. The Morgan fingerprint density at radius 1 is 1.50 bits per heavy atom. The van der Waals surface area contributed by atoms with Crippen LogP contribution in [0.15, 0.2) is 16.7 Å². The van der Waals surface area contributed by atoms with Crippen molar-refractivity contribution in [1.82, 2.24) is 10.2 Å². The second-order valence-electron chi connectivity index (χ2n) is 5.57. The van der Waals surface area contributed by atoms with Crippen molar-refractivity contribution in [1.29, 1.82) is 0 Å². The molecule has 1 N–H and O–H groups in total. The molecule has 1 fully saturated rings. The van der Waals surface area contributed by atoms with Crippen molar-refractivity contribution in [2.75, 3.05) is 26.2 Å². The fraction of sp³-hybridized carbons (Fsp3) is 0.688. The van der Waals surface area contributed by atoms with Crippen LogP contribution in [0, 0.1) is 5.92 Å². The number of nitrogens with zero attached hydrogens (tertiary/aromatic N) is 1. The summed E-state index contributed by atoms with van der Waals surface area (Å²) in [5.74, 6) is 1.51. The van der Waals surface area contributed by atoms with Gasteiger partial charge < -0.3 is 14.6 Å². The van der Waals surface area contributed by atoms with Crippen LogP contribution in [-0.2, 0) is 6.42 Å². The number of carbonyl (C=O) groups excluding carboxylic acids is 1. The van der Waals surface area contributed by atoms with Crippen molar-refractivity contribution in [2.24, 2.45) is 5.92 Å². The van der Waals surface area contributed by atoms with E-state index in [2.05, 4.69) is 12.2 Å². The molecule has 4 heteroatoms. The Labute approximate surface area is 121 Å². The van der Waals surface area contributed by atoms with Crippen molar-refractivity contribution in [3.8, 4) is 0 Å². The maximum atomic E-state index is 12.7. The molecule has 2 rings (SSSR count). The van der Waals surface area contributed by atoms with Crippen molar-refractivity contribution in [3.63, 3.8) is 0 Å². The molecule has 4 nitrogen and oxygen atoms in total. The summed E-state index contributed by atoms with van der Waals surface area (Å²) in [7, 11) is 0. The Hall–Kier alpha value is -1.29. The molecule has 1 saturated heterocycles. The number of piperidine rings is 1. The number of nitrogens with one attached hydrogen (secondary N) is 1. The average Bonchev–Trinajstić information content (AvgIpc) is 2.95. The molecule has 1 aliphatic rings. The van der Waals surface area contributed by atoms with E-state index in [1.54, 1.807) is 6.26 Å². The Morgan fingerprint density at radius 3 is 3.00 bits per heavy atom. The highest BCUT2D eigenvalue weighted by atomic mass is 16.3. The Morgan fingerprint density at radius 2 is 2.35 bits per heavy atom. The van der Waals surface area contributed by atoms with E-state index >= 15 is 0 Å². The van der Waals surface area contributed by atoms with Gasteiger partial charge in [-0.3, -0.25) is 4.79 Å². The smallest absolute Gasteiger partial charge is 0.257 e. The highest BCUT2D eigenvalue weighted by Crippen LogP contribution is 2.18. The molecule has 1 amide bonds.